The molecular formula is C36H50O8Si. The van der Waals surface area contributed by atoms with Gasteiger partial charge in [-0.25, -0.2) is 4.79 Å². The molecule has 0 spiro atoms. The first-order valence-corrected chi connectivity index (χ1v) is 18.3. The molecule has 246 valence electrons. The average Bonchev–Trinajstić information content (AvgIpc) is 3.04. The molecule has 9 heteroatoms. The van der Waals surface area contributed by atoms with Crippen LogP contribution in [0.2, 0.25) is 18.1 Å². The van der Waals surface area contributed by atoms with Crippen LogP contribution in [-0.2, 0) is 57.5 Å². The molecule has 0 heterocycles. The fourth-order valence-corrected chi connectivity index (χ4v) is 5.39. The van der Waals surface area contributed by atoms with E-state index in [2.05, 4.69) is 33.9 Å². The standard InChI is InChI=1S/C36H50O8Si/c1-36(2,3)45(6,7)44-26-31(40-23-28-17-11-8-12-18-28)32(41-24-29-19-13-9-14-20-29)33(34(35(37)39-5)43-27-38-4)42-25-30-21-15-10-16-22-30/h8-22,31-34H,23-27H2,1-7H3/t31-,32+,33-,34+/m0/s1. The Labute approximate surface area is 270 Å². The molecule has 0 aliphatic heterocycles. The number of methoxy groups -OCH3 is 2. The van der Waals surface area contributed by atoms with Gasteiger partial charge in [0.15, 0.2) is 14.4 Å². The zero-order valence-electron chi connectivity index (χ0n) is 27.8. The Kier molecular flexibility index (Phi) is 14.9. The minimum absolute atomic E-state index is 0.0310. The van der Waals surface area contributed by atoms with Gasteiger partial charge in [-0.15, -0.1) is 0 Å². The van der Waals surface area contributed by atoms with Gasteiger partial charge < -0.3 is 32.8 Å². The Hall–Kier alpha value is -2.89. The lowest BCUT2D eigenvalue weighted by Crippen LogP contribution is -2.55. The number of benzene rings is 3. The first-order valence-electron chi connectivity index (χ1n) is 15.3. The second-order valence-electron chi connectivity index (χ2n) is 12.4. The van der Waals surface area contributed by atoms with Crippen LogP contribution in [0, 0.1) is 0 Å². The Morgan fingerprint density at radius 3 is 1.53 bits per heavy atom. The summed E-state index contributed by atoms with van der Waals surface area (Å²) in [6.07, 6.45) is -3.55. The van der Waals surface area contributed by atoms with E-state index in [9.17, 15) is 4.79 Å². The van der Waals surface area contributed by atoms with Gasteiger partial charge in [-0.1, -0.05) is 112 Å². The van der Waals surface area contributed by atoms with Crippen molar-refractivity contribution >= 4 is 14.3 Å². The summed E-state index contributed by atoms with van der Waals surface area (Å²) in [5.41, 5.74) is 2.89. The maximum absolute atomic E-state index is 13.3. The largest absolute Gasteiger partial charge is 0.467 e. The minimum atomic E-state index is -2.21. The van der Waals surface area contributed by atoms with Gasteiger partial charge in [-0.3, -0.25) is 0 Å². The maximum atomic E-state index is 13.3. The molecule has 0 aliphatic carbocycles. The van der Waals surface area contributed by atoms with Crippen LogP contribution in [0.3, 0.4) is 0 Å². The summed E-state index contributed by atoms with van der Waals surface area (Å²) in [7, 11) is 0.609. The highest BCUT2D eigenvalue weighted by molar-refractivity contribution is 6.74. The SMILES string of the molecule is COCO[C@@H](C(=O)OC)[C@@H](OCc1ccccc1)[C@H](OCc1ccccc1)[C@H](CO[Si](C)(C)C(C)(C)C)OCc1ccccc1. The molecule has 0 fully saturated rings. The quantitative estimate of drug-likeness (QED) is 0.0795. The van der Waals surface area contributed by atoms with Crippen LogP contribution in [-0.4, -0.2) is 66.3 Å². The summed E-state index contributed by atoms with van der Waals surface area (Å²) in [5.74, 6) is -0.606. The number of hydrogen-bond acceptors (Lipinski definition) is 8. The molecule has 45 heavy (non-hydrogen) atoms. The fraction of sp³-hybridized carbons (Fsp3) is 0.472. The highest BCUT2D eigenvalue weighted by atomic mass is 28.4. The van der Waals surface area contributed by atoms with Gasteiger partial charge in [0, 0.05) is 7.11 Å². The molecule has 0 aromatic heterocycles. The predicted molar refractivity (Wildman–Crippen MR) is 177 cm³/mol. The second-order valence-corrected chi connectivity index (χ2v) is 17.3. The molecule has 0 saturated heterocycles. The highest BCUT2D eigenvalue weighted by Crippen LogP contribution is 2.37. The van der Waals surface area contributed by atoms with Crippen LogP contribution >= 0.6 is 0 Å². The summed E-state index contributed by atoms with van der Waals surface area (Å²) < 4.78 is 43.0. The van der Waals surface area contributed by atoms with Gasteiger partial charge in [0.1, 0.15) is 25.1 Å². The molecule has 0 amide bonds. The highest BCUT2D eigenvalue weighted by Gasteiger charge is 2.44. The molecule has 0 saturated carbocycles. The van der Waals surface area contributed by atoms with E-state index in [1.807, 2.05) is 91.0 Å². The molecule has 0 N–H and O–H groups in total. The van der Waals surface area contributed by atoms with Gasteiger partial charge in [0.05, 0.1) is 33.5 Å². The van der Waals surface area contributed by atoms with E-state index >= 15 is 0 Å². The van der Waals surface area contributed by atoms with Gasteiger partial charge in [0.2, 0.25) is 0 Å². The maximum Gasteiger partial charge on any atom is 0.337 e. The number of hydrogen-bond donors (Lipinski definition) is 0. The van der Waals surface area contributed by atoms with Crippen molar-refractivity contribution in [3.63, 3.8) is 0 Å². The number of ether oxygens (including phenoxy) is 6. The first kappa shape index (κ1) is 36.6. The molecular weight excluding hydrogens is 588 g/mol. The van der Waals surface area contributed by atoms with Crippen molar-refractivity contribution in [1.29, 1.82) is 0 Å². The van der Waals surface area contributed by atoms with Crippen LogP contribution in [0.25, 0.3) is 0 Å². The normalized spacial score (nSPS) is 14.8. The third kappa shape index (κ3) is 11.8. The lowest BCUT2D eigenvalue weighted by molar-refractivity contribution is -0.215. The van der Waals surface area contributed by atoms with E-state index in [-0.39, 0.29) is 31.7 Å². The van der Waals surface area contributed by atoms with E-state index in [4.69, 9.17) is 32.8 Å². The second kappa shape index (κ2) is 18.3. The minimum Gasteiger partial charge on any atom is -0.467 e. The monoisotopic (exact) mass is 638 g/mol. The van der Waals surface area contributed by atoms with Gasteiger partial charge >= 0.3 is 5.97 Å². The van der Waals surface area contributed by atoms with E-state index in [0.29, 0.717) is 6.61 Å². The first-order chi connectivity index (χ1) is 21.6. The Balaban J connectivity index is 2.07. The zero-order valence-corrected chi connectivity index (χ0v) is 28.8. The summed E-state index contributed by atoms with van der Waals surface area (Å²) in [6, 6.07) is 29.5. The Bertz CT molecular complexity index is 1230. The van der Waals surface area contributed by atoms with Crippen LogP contribution in [0.15, 0.2) is 91.0 Å². The summed E-state index contributed by atoms with van der Waals surface area (Å²) in [6.45, 7) is 11.8. The third-order valence-electron chi connectivity index (χ3n) is 8.08. The summed E-state index contributed by atoms with van der Waals surface area (Å²) in [5, 5.41) is -0.0310. The molecule has 4 atom stereocenters. The van der Waals surface area contributed by atoms with Gasteiger partial charge in [0.25, 0.3) is 0 Å². The van der Waals surface area contributed by atoms with Crippen LogP contribution < -0.4 is 0 Å². The van der Waals surface area contributed by atoms with E-state index in [1.165, 1.54) is 14.2 Å². The predicted octanol–water partition coefficient (Wildman–Crippen LogP) is 6.93. The van der Waals surface area contributed by atoms with Crippen molar-refractivity contribution in [2.45, 2.75) is 83.1 Å². The molecule has 0 unspecified atom stereocenters. The number of carbonyl (C=O) groups excluding carboxylic acids is 1. The Morgan fingerprint density at radius 2 is 1.11 bits per heavy atom. The third-order valence-corrected chi connectivity index (χ3v) is 12.6. The van der Waals surface area contributed by atoms with Crippen molar-refractivity contribution in [1.82, 2.24) is 0 Å². The summed E-state index contributed by atoms with van der Waals surface area (Å²) >= 11 is 0. The molecule has 3 rings (SSSR count). The molecule has 0 bridgehead atoms. The lowest BCUT2D eigenvalue weighted by Gasteiger charge is -2.40. The van der Waals surface area contributed by atoms with Gasteiger partial charge in [-0.2, -0.15) is 0 Å². The topological polar surface area (TPSA) is 81.7 Å². The Morgan fingerprint density at radius 1 is 0.667 bits per heavy atom. The van der Waals surface area contributed by atoms with E-state index in [0.717, 1.165) is 16.7 Å². The van der Waals surface area contributed by atoms with Crippen molar-refractivity contribution in [3.05, 3.63) is 108 Å². The van der Waals surface area contributed by atoms with Crippen molar-refractivity contribution in [2.75, 3.05) is 27.6 Å². The molecule has 0 aliphatic rings. The van der Waals surface area contributed by atoms with E-state index in [1.54, 1.807) is 0 Å². The van der Waals surface area contributed by atoms with Crippen molar-refractivity contribution in [3.8, 4) is 0 Å². The van der Waals surface area contributed by atoms with E-state index < -0.39 is 38.7 Å². The fourth-order valence-electron chi connectivity index (χ4n) is 4.38. The molecule has 8 nitrogen and oxygen atoms in total. The molecule has 0 radical (unpaired) electrons. The van der Waals surface area contributed by atoms with Crippen LogP contribution in [0.4, 0.5) is 0 Å². The summed E-state index contributed by atoms with van der Waals surface area (Å²) in [4.78, 5) is 13.3. The number of carbonyl (C=O) groups is 1. The number of rotatable bonds is 19. The smallest absolute Gasteiger partial charge is 0.337 e. The lowest BCUT2D eigenvalue weighted by atomic mass is 10.0. The number of esters is 1. The molecule has 3 aromatic carbocycles. The van der Waals surface area contributed by atoms with Crippen LogP contribution in [0.5, 0.6) is 0 Å². The average molecular weight is 639 g/mol. The molecule has 3 aromatic rings. The van der Waals surface area contributed by atoms with Crippen LogP contribution in [0.1, 0.15) is 37.5 Å². The van der Waals surface area contributed by atoms with Crippen molar-refractivity contribution < 1.29 is 37.6 Å². The van der Waals surface area contributed by atoms with Gasteiger partial charge in [-0.05, 0) is 34.8 Å². The zero-order chi connectivity index (χ0) is 32.7. The van der Waals surface area contributed by atoms with Crippen molar-refractivity contribution in [2.24, 2.45) is 0 Å².